The van der Waals surface area contributed by atoms with Gasteiger partial charge in [-0.15, -0.1) is 0 Å². The number of pyridine rings is 1. The van der Waals surface area contributed by atoms with Crippen LogP contribution < -0.4 is 10.3 Å². The van der Waals surface area contributed by atoms with Crippen LogP contribution in [0.3, 0.4) is 0 Å². The lowest BCUT2D eigenvalue weighted by atomic mass is 10.2. The Hall–Kier alpha value is -1.81. The molecule has 0 aliphatic carbocycles. The number of aromatic nitrogens is 1. The molecule has 2 aromatic heterocycles. The van der Waals surface area contributed by atoms with Crippen molar-refractivity contribution in [3.05, 3.63) is 40.7 Å². The molecule has 3 aromatic rings. The molecule has 0 unspecified atom stereocenters. The average molecular weight is 245 g/mol. The molecule has 1 aromatic carbocycles. The van der Waals surface area contributed by atoms with Gasteiger partial charge >= 0.3 is 0 Å². The van der Waals surface area contributed by atoms with Crippen LogP contribution in [0.1, 0.15) is 0 Å². The topological polar surface area (TPSA) is 31.2 Å². The third kappa shape index (κ3) is 1.37. The Morgan fingerprint density at radius 1 is 1.24 bits per heavy atom. The molecule has 3 rings (SSSR count). The maximum Gasteiger partial charge on any atom is 0.259 e. The van der Waals surface area contributed by atoms with E-state index in [0.717, 1.165) is 26.1 Å². The summed E-state index contributed by atoms with van der Waals surface area (Å²) >= 11 is 1.51. The minimum Gasteiger partial charge on any atom is -0.487 e. The zero-order valence-electron chi connectivity index (χ0n) is 9.56. The van der Waals surface area contributed by atoms with Crippen molar-refractivity contribution in [3.8, 4) is 5.06 Å². The van der Waals surface area contributed by atoms with Crippen LogP contribution in [0.4, 0.5) is 0 Å². The predicted molar refractivity (Wildman–Crippen MR) is 71.1 cm³/mol. The summed E-state index contributed by atoms with van der Waals surface area (Å²) in [5, 5.41) is 2.60. The van der Waals surface area contributed by atoms with Gasteiger partial charge < -0.3 is 9.30 Å². The molecule has 0 atom stereocenters. The molecule has 0 aliphatic heterocycles. The summed E-state index contributed by atoms with van der Waals surface area (Å²) < 4.78 is 7.90. The van der Waals surface area contributed by atoms with Gasteiger partial charge in [0, 0.05) is 18.5 Å². The van der Waals surface area contributed by atoms with Crippen molar-refractivity contribution < 1.29 is 4.74 Å². The second-order valence-electron chi connectivity index (χ2n) is 3.89. The van der Waals surface area contributed by atoms with E-state index >= 15 is 0 Å². The first-order valence-corrected chi connectivity index (χ1v) is 6.09. The van der Waals surface area contributed by atoms with Crippen LogP contribution in [0.5, 0.6) is 5.06 Å². The highest BCUT2D eigenvalue weighted by Gasteiger charge is 2.11. The van der Waals surface area contributed by atoms with Crippen LogP contribution in [-0.2, 0) is 7.05 Å². The van der Waals surface area contributed by atoms with Crippen LogP contribution in [0.25, 0.3) is 21.0 Å². The number of methoxy groups -OCH3 is 1. The fourth-order valence-electron chi connectivity index (χ4n) is 2.08. The first-order valence-electron chi connectivity index (χ1n) is 5.27. The van der Waals surface area contributed by atoms with Crippen molar-refractivity contribution >= 4 is 32.3 Å². The summed E-state index contributed by atoms with van der Waals surface area (Å²) in [6.45, 7) is 0. The fourth-order valence-corrected chi connectivity index (χ4v) is 3.08. The third-order valence-corrected chi connectivity index (χ3v) is 4.09. The second kappa shape index (κ2) is 3.60. The van der Waals surface area contributed by atoms with Crippen LogP contribution in [-0.4, -0.2) is 11.7 Å². The van der Waals surface area contributed by atoms with Crippen LogP contribution >= 0.6 is 11.3 Å². The van der Waals surface area contributed by atoms with E-state index in [4.69, 9.17) is 4.74 Å². The first-order chi connectivity index (χ1) is 8.22. The molecule has 0 spiro atoms. The summed E-state index contributed by atoms with van der Waals surface area (Å²) in [5.41, 5.74) is 0.979. The zero-order chi connectivity index (χ0) is 12.0. The van der Waals surface area contributed by atoms with Crippen LogP contribution in [0, 0.1) is 0 Å². The van der Waals surface area contributed by atoms with E-state index in [1.807, 2.05) is 30.3 Å². The Bertz CT molecular complexity index is 770. The number of hydrogen-bond acceptors (Lipinski definition) is 3. The molecule has 0 fully saturated rings. The number of fused-ring (bicyclic) bond motifs is 3. The predicted octanol–water partition coefficient (Wildman–Crippen LogP) is 2.76. The summed E-state index contributed by atoms with van der Waals surface area (Å²) in [6.07, 6.45) is 0. The number of rotatable bonds is 1. The van der Waals surface area contributed by atoms with Gasteiger partial charge in [-0.3, -0.25) is 4.79 Å². The van der Waals surface area contributed by atoms with Gasteiger partial charge in [-0.05, 0) is 6.07 Å². The Balaban J connectivity index is 2.63. The second-order valence-corrected chi connectivity index (χ2v) is 4.91. The molecule has 0 radical (unpaired) electrons. The van der Waals surface area contributed by atoms with Crippen molar-refractivity contribution in [1.82, 2.24) is 4.57 Å². The maximum atomic E-state index is 12.2. The molecule has 0 amide bonds. The number of nitrogens with zero attached hydrogens (tertiary/aromatic N) is 1. The van der Waals surface area contributed by atoms with Gasteiger partial charge in [-0.25, -0.2) is 0 Å². The van der Waals surface area contributed by atoms with Crippen LogP contribution in [0.2, 0.25) is 0 Å². The molecule has 0 saturated carbocycles. The van der Waals surface area contributed by atoms with E-state index in [0.29, 0.717) is 0 Å². The number of hydrogen-bond donors (Lipinski definition) is 0. The molecule has 86 valence electrons. The molecule has 3 nitrogen and oxygen atoms in total. The van der Waals surface area contributed by atoms with E-state index < -0.39 is 0 Å². The lowest BCUT2D eigenvalue weighted by Crippen LogP contribution is -2.16. The van der Waals surface area contributed by atoms with Crippen molar-refractivity contribution in [1.29, 1.82) is 0 Å². The van der Waals surface area contributed by atoms with E-state index in [1.165, 1.54) is 11.3 Å². The van der Waals surface area contributed by atoms with Gasteiger partial charge in [0.2, 0.25) is 0 Å². The summed E-state index contributed by atoms with van der Waals surface area (Å²) in [6, 6.07) is 9.74. The van der Waals surface area contributed by atoms with E-state index in [1.54, 1.807) is 18.7 Å². The molecule has 4 heteroatoms. The van der Waals surface area contributed by atoms with Gasteiger partial charge in [0.25, 0.3) is 5.56 Å². The lowest BCUT2D eigenvalue weighted by Gasteiger charge is -2.04. The lowest BCUT2D eigenvalue weighted by molar-refractivity contribution is 0.427. The van der Waals surface area contributed by atoms with Crippen molar-refractivity contribution in [2.24, 2.45) is 7.05 Å². The van der Waals surface area contributed by atoms with E-state index in [9.17, 15) is 4.79 Å². The molecular weight excluding hydrogens is 234 g/mol. The number of aryl methyl sites for hydroxylation is 1. The van der Waals surface area contributed by atoms with Crippen molar-refractivity contribution in [2.75, 3.05) is 7.11 Å². The average Bonchev–Trinajstić information content (AvgIpc) is 2.80. The molecule has 0 N–H and O–H groups in total. The van der Waals surface area contributed by atoms with Crippen molar-refractivity contribution in [3.63, 3.8) is 0 Å². The number of thiophene rings is 1. The molecule has 0 bridgehead atoms. The third-order valence-electron chi connectivity index (χ3n) is 2.96. The Morgan fingerprint density at radius 2 is 2.00 bits per heavy atom. The maximum absolute atomic E-state index is 12.2. The SMILES string of the molecule is COc1cc2c(=O)n(C)c3ccccc3c2s1. The van der Waals surface area contributed by atoms with Gasteiger partial charge in [0.05, 0.1) is 22.7 Å². The smallest absolute Gasteiger partial charge is 0.259 e. The largest absolute Gasteiger partial charge is 0.487 e. The van der Waals surface area contributed by atoms with Gasteiger partial charge in [0.1, 0.15) is 0 Å². The van der Waals surface area contributed by atoms with Crippen molar-refractivity contribution in [2.45, 2.75) is 0 Å². The molecule has 0 saturated heterocycles. The van der Waals surface area contributed by atoms with Gasteiger partial charge in [0.15, 0.2) is 5.06 Å². The Kier molecular flexibility index (Phi) is 2.19. The minimum atomic E-state index is 0.0262. The Labute approximate surface area is 102 Å². The normalized spacial score (nSPS) is 11.2. The highest BCUT2D eigenvalue weighted by atomic mass is 32.1. The highest BCUT2D eigenvalue weighted by molar-refractivity contribution is 7.21. The van der Waals surface area contributed by atoms with E-state index in [-0.39, 0.29) is 5.56 Å². The quantitative estimate of drug-likeness (QED) is 0.660. The standard InChI is InChI=1S/C13H11NO2S/c1-14-10-6-4-3-5-8(10)12-9(13(14)15)7-11(16-2)17-12/h3-7H,1-2H3. The zero-order valence-corrected chi connectivity index (χ0v) is 10.4. The fraction of sp³-hybridized carbons (Fsp3) is 0.154. The van der Waals surface area contributed by atoms with Gasteiger partial charge in [-0.1, -0.05) is 29.5 Å². The summed E-state index contributed by atoms with van der Waals surface area (Å²) in [4.78, 5) is 12.2. The molecule has 17 heavy (non-hydrogen) atoms. The Morgan fingerprint density at radius 3 is 2.76 bits per heavy atom. The summed E-state index contributed by atoms with van der Waals surface area (Å²) in [5.74, 6) is 0. The molecule has 2 heterocycles. The number of ether oxygens (including phenoxy) is 1. The van der Waals surface area contributed by atoms with E-state index in [2.05, 4.69) is 0 Å². The van der Waals surface area contributed by atoms with Gasteiger partial charge in [-0.2, -0.15) is 0 Å². The number of benzene rings is 1. The first kappa shape index (κ1) is 10.4. The molecule has 0 aliphatic rings. The minimum absolute atomic E-state index is 0.0262. The van der Waals surface area contributed by atoms with Crippen LogP contribution in [0.15, 0.2) is 35.1 Å². The monoisotopic (exact) mass is 245 g/mol. The summed E-state index contributed by atoms with van der Waals surface area (Å²) in [7, 11) is 3.42. The highest BCUT2D eigenvalue weighted by Crippen LogP contribution is 2.34. The molecular formula is C13H11NO2S. The number of para-hydroxylation sites is 1.